The standard InChI is InChI=1S/C26H30N4S2/c1-17-8-5-12-23(19(17)3)29-25(31)27-15-21-10-7-11-22(14-21)16-28-26(32)30-24-13-6-9-18(2)20(24)4/h5-14H,15-16H2,1-4H3,(H2,27,29,31)(H2,28,30,32). The van der Waals surface area contributed by atoms with Gasteiger partial charge in [0.25, 0.3) is 0 Å². The summed E-state index contributed by atoms with van der Waals surface area (Å²) in [6.07, 6.45) is 0. The lowest BCUT2D eigenvalue weighted by molar-refractivity contribution is 0.896. The summed E-state index contributed by atoms with van der Waals surface area (Å²) >= 11 is 11.0. The van der Waals surface area contributed by atoms with Gasteiger partial charge in [-0.15, -0.1) is 0 Å². The molecule has 0 saturated carbocycles. The number of hydrogen-bond donors (Lipinski definition) is 4. The fraction of sp³-hybridized carbons (Fsp3) is 0.231. The van der Waals surface area contributed by atoms with Gasteiger partial charge in [-0.25, -0.2) is 0 Å². The summed E-state index contributed by atoms with van der Waals surface area (Å²) in [6.45, 7) is 9.68. The van der Waals surface area contributed by atoms with Crippen LogP contribution in [0.5, 0.6) is 0 Å². The van der Waals surface area contributed by atoms with Crippen molar-refractivity contribution in [2.75, 3.05) is 10.6 Å². The molecule has 0 amide bonds. The van der Waals surface area contributed by atoms with E-state index in [2.05, 4.69) is 85.4 Å². The largest absolute Gasteiger partial charge is 0.358 e. The average molecular weight is 463 g/mol. The molecule has 0 heterocycles. The zero-order valence-corrected chi connectivity index (χ0v) is 20.6. The van der Waals surface area contributed by atoms with Crippen molar-refractivity contribution in [2.24, 2.45) is 0 Å². The van der Waals surface area contributed by atoms with E-state index in [4.69, 9.17) is 24.4 Å². The third-order valence-corrected chi connectivity index (χ3v) is 6.10. The summed E-state index contributed by atoms with van der Waals surface area (Å²) in [6, 6.07) is 20.7. The molecule has 0 aromatic heterocycles. The van der Waals surface area contributed by atoms with Crippen molar-refractivity contribution in [3.63, 3.8) is 0 Å². The molecule has 4 nitrogen and oxygen atoms in total. The minimum Gasteiger partial charge on any atom is -0.358 e. The summed E-state index contributed by atoms with van der Waals surface area (Å²) in [4.78, 5) is 0. The lowest BCUT2D eigenvalue weighted by Crippen LogP contribution is -2.29. The Balaban J connectivity index is 1.50. The Morgan fingerprint density at radius 1 is 0.625 bits per heavy atom. The second kappa shape index (κ2) is 11.1. The number of aryl methyl sites for hydroxylation is 2. The Morgan fingerprint density at radius 2 is 1.03 bits per heavy atom. The lowest BCUT2D eigenvalue weighted by Gasteiger charge is -2.15. The summed E-state index contributed by atoms with van der Waals surface area (Å²) < 4.78 is 0. The molecule has 3 aromatic rings. The van der Waals surface area contributed by atoms with Gasteiger partial charge in [-0.1, -0.05) is 48.5 Å². The topological polar surface area (TPSA) is 48.1 Å². The van der Waals surface area contributed by atoms with Crippen LogP contribution in [0.3, 0.4) is 0 Å². The number of hydrogen-bond acceptors (Lipinski definition) is 2. The first-order chi connectivity index (χ1) is 15.3. The minimum absolute atomic E-state index is 0.612. The maximum atomic E-state index is 5.48. The van der Waals surface area contributed by atoms with Gasteiger partial charge < -0.3 is 21.3 Å². The minimum atomic E-state index is 0.612. The van der Waals surface area contributed by atoms with E-state index in [1.165, 1.54) is 22.3 Å². The number of nitrogens with one attached hydrogen (secondary N) is 4. The molecule has 3 rings (SSSR count). The summed E-state index contributed by atoms with van der Waals surface area (Å²) in [5, 5.41) is 14.4. The van der Waals surface area contributed by atoms with Crippen LogP contribution >= 0.6 is 24.4 Å². The van der Waals surface area contributed by atoms with Crippen molar-refractivity contribution in [3.8, 4) is 0 Å². The highest BCUT2D eigenvalue weighted by molar-refractivity contribution is 7.80. The molecule has 32 heavy (non-hydrogen) atoms. The van der Waals surface area contributed by atoms with Gasteiger partial charge in [0.2, 0.25) is 0 Å². The molecule has 0 aliphatic rings. The van der Waals surface area contributed by atoms with Gasteiger partial charge in [0.05, 0.1) is 0 Å². The normalized spacial score (nSPS) is 10.4. The lowest BCUT2D eigenvalue weighted by atomic mass is 10.1. The molecule has 0 spiro atoms. The van der Waals surface area contributed by atoms with Crippen molar-refractivity contribution in [2.45, 2.75) is 40.8 Å². The Labute approximate surface area is 201 Å². The summed E-state index contributed by atoms with van der Waals surface area (Å²) in [7, 11) is 0. The second-order valence-electron chi connectivity index (χ2n) is 7.93. The van der Waals surface area contributed by atoms with Crippen molar-refractivity contribution in [1.82, 2.24) is 10.6 Å². The molecular weight excluding hydrogens is 432 g/mol. The van der Waals surface area contributed by atoms with E-state index in [1.54, 1.807) is 0 Å². The van der Waals surface area contributed by atoms with Gasteiger partial charge in [0.1, 0.15) is 0 Å². The Hall–Kier alpha value is -2.96. The maximum absolute atomic E-state index is 5.48. The molecule has 0 aliphatic heterocycles. The van der Waals surface area contributed by atoms with Crippen molar-refractivity contribution in [3.05, 3.63) is 94.0 Å². The quantitative estimate of drug-likeness (QED) is 0.343. The molecule has 3 aromatic carbocycles. The van der Waals surface area contributed by atoms with Gasteiger partial charge >= 0.3 is 0 Å². The molecule has 0 aliphatic carbocycles. The first kappa shape index (κ1) is 23.7. The Kier molecular flexibility index (Phi) is 8.20. The van der Waals surface area contributed by atoms with E-state index in [0.717, 1.165) is 22.5 Å². The third kappa shape index (κ3) is 6.52. The highest BCUT2D eigenvalue weighted by Crippen LogP contribution is 2.19. The van der Waals surface area contributed by atoms with Crippen LogP contribution < -0.4 is 21.3 Å². The van der Waals surface area contributed by atoms with Gasteiger partial charge in [-0.3, -0.25) is 0 Å². The van der Waals surface area contributed by atoms with E-state index in [0.29, 0.717) is 23.3 Å². The zero-order chi connectivity index (χ0) is 23.1. The van der Waals surface area contributed by atoms with Crippen LogP contribution in [0.4, 0.5) is 11.4 Å². The SMILES string of the molecule is Cc1cccc(NC(=S)NCc2cccc(CNC(=S)Nc3cccc(C)c3C)c2)c1C. The molecule has 166 valence electrons. The number of benzene rings is 3. The predicted octanol–water partition coefficient (Wildman–Crippen LogP) is 5.89. The highest BCUT2D eigenvalue weighted by Gasteiger charge is 2.05. The van der Waals surface area contributed by atoms with Crippen LogP contribution in [0, 0.1) is 27.7 Å². The molecular formula is C26H30N4S2. The van der Waals surface area contributed by atoms with Crippen LogP contribution in [0.25, 0.3) is 0 Å². The van der Waals surface area contributed by atoms with Gasteiger partial charge in [0.15, 0.2) is 10.2 Å². The smallest absolute Gasteiger partial charge is 0.171 e. The molecule has 4 N–H and O–H groups in total. The Bertz CT molecular complexity index is 1040. The number of rotatable bonds is 6. The van der Waals surface area contributed by atoms with Crippen molar-refractivity contribution in [1.29, 1.82) is 0 Å². The van der Waals surface area contributed by atoms with E-state index in [1.807, 2.05) is 24.3 Å². The van der Waals surface area contributed by atoms with Crippen LogP contribution in [0.1, 0.15) is 33.4 Å². The Morgan fingerprint density at radius 3 is 1.47 bits per heavy atom. The number of anilines is 2. The van der Waals surface area contributed by atoms with E-state index < -0.39 is 0 Å². The highest BCUT2D eigenvalue weighted by atomic mass is 32.1. The second-order valence-corrected chi connectivity index (χ2v) is 8.75. The van der Waals surface area contributed by atoms with E-state index in [9.17, 15) is 0 Å². The van der Waals surface area contributed by atoms with Crippen LogP contribution in [-0.4, -0.2) is 10.2 Å². The monoisotopic (exact) mass is 462 g/mol. The van der Waals surface area contributed by atoms with E-state index in [-0.39, 0.29) is 0 Å². The molecule has 0 bridgehead atoms. The zero-order valence-electron chi connectivity index (χ0n) is 19.0. The predicted molar refractivity (Wildman–Crippen MR) is 144 cm³/mol. The van der Waals surface area contributed by atoms with Crippen LogP contribution in [0.2, 0.25) is 0 Å². The average Bonchev–Trinajstić information content (AvgIpc) is 2.77. The van der Waals surface area contributed by atoms with Gasteiger partial charge in [0, 0.05) is 24.5 Å². The third-order valence-electron chi connectivity index (χ3n) is 5.60. The van der Waals surface area contributed by atoms with Crippen LogP contribution in [0.15, 0.2) is 60.7 Å². The molecule has 0 radical (unpaired) electrons. The van der Waals surface area contributed by atoms with Crippen LogP contribution in [-0.2, 0) is 13.1 Å². The van der Waals surface area contributed by atoms with E-state index >= 15 is 0 Å². The fourth-order valence-corrected chi connectivity index (χ4v) is 3.68. The van der Waals surface area contributed by atoms with Crippen molar-refractivity contribution < 1.29 is 0 Å². The molecule has 0 atom stereocenters. The first-order valence-electron chi connectivity index (χ1n) is 10.6. The fourth-order valence-electron chi connectivity index (χ4n) is 3.32. The number of thiocarbonyl (C=S) groups is 2. The molecule has 0 saturated heterocycles. The summed E-state index contributed by atoms with van der Waals surface area (Å²) in [5.41, 5.74) is 9.26. The maximum Gasteiger partial charge on any atom is 0.171 e. The first-order valence-corrected chi connectivity index (χ1v) is 11.4. The summed E-state index contributed by atoms with van der Waals surface area (Å²) in [5.74, 6) is 0. The van der Waals surface area contributed by atoms with Gasteiger partial charge in [-0.05, 0) is 97.6 Å². The molecule has 6 heteroatoms. The van der Waals surface area contributed by atoms with Crippen molar-refractivity contribution >= 4 is 46.0 Å². The molecule has 0 fully saturated rings. The van der Waals surface area contributed by atoms with Gasteiger partial charge in [-0.2, -0.15) is 0 Å². The molecule has 0 unspecified atom stereocenters.